The SMILES string of the molecule is COc1ccc(F)c(C2CCC(CCc3cccc([C@@H](CC(=O)O)C4CC4)c3)CC2)c1. The maximum absolute atomic E-state index is 14.3. The van der Waals surface area contributed by atoms with Crippen molar-refractivity contribution in [1.82, 2.24) is 0 Å². The van der Waals surface area contributed by atoms with E-state index in [9.17, 15) is 14.3 Å². The maximum Gasteiger partial charge on any atom is 0.303 e. The quantitative estimate of drug-likeness (QED) is 0.487. The smallest absolute Gasteiger partial charge is 0.303 e. The zero-order valence-corrected chi connectivity index (χ0v) is 18.4. The van der Waals surface area contributed by atoms with E-state index in [0.29, 0.717) is 11.8 Å². The van der Waals surface area contributed by atoms with Gasteiger partial charge in [-0.05, 0) is 110 Å². The topological polar surface area (TPSA) is 46.5 Å². The number of methoxy groups -OCH3 is 1. The van der Waals surface area contributed by atoms with Crippen LogP contribution in [0.25, 0.3) is 0 Å². The van der Waals surface area contributed by atoms with Gasteiger partial charge in [0.25, 0.3) is 0 Å². The van der Waals surface area contributed by atoms with Crippen molar-refractivity contribution in [3.63, 3.8) is 0 Å². The van der Waals surface area contributed by atoms with Crippen LogP contribution in [0.2, 0.25) is 0 Å². The Morgan fingerprint density at radius 1 is 1.10 bits per heavy atom. The Morgan fingerprint density at radius 2 is 1.87 bits per heavy atom. The van der Waals surface area contributed by atoms with Gasteiger partial charge in [-0.2, -0.15) is 0 Å². The number of aryl methyl sites for hydroxylation is 1. The van der Waals surface area contributed by atoms with Crippen molar-refractivity contribution in [3.05, 3.63) is 65.0 Å². The van der Waals surface area contributed by atoms with Gasteiger partial charge < -0.3 is 9.84 Å². The van der Waals surface area contributed by atoms with Gasteiger partial charge in [0.15, 0.2) is 0 Å². The molecular weight excluding hydrogens is 391 g/mol. The molecule has 2 fully saturated rings. The number of carbonyl (C=O) groups is 1. The van der Waals surface area contributed by atoms with Gasteiger partial charge in [-0.15, -0.1) is 0 Å². The van der Waals surface area contributed by atoms with Crippen LogP contribution in [-0.2, 0) is 11.2 Å². The molecule has 0 heterocycles. The number of benzene rings is 2. The number of aliphatic carboxylic acids is 1. The average Bonchev–Trinajstić information content (AvgIpc) is 3.62. The number of ether oxygens (including phenoxy) is 1. The number of hydrogen-bond acceptors (Lipinski definition) is 2. The summed E-state index contributed by atoms with van der Waals surface area (Å²) in [5.41, 5.74) is 3.31. The van der Waals surface area contributed by atoms with Gasteiger partial charge in [0.05, 0.1) is 13.5 Å². The molecule has 0 saturated heterocycles. The highest BCUT2D eigenvalue weighted by molar-refractivity contribution is 5.68. The molecule has 0 unspecified atom stereocenters. The molecule has 0 radical (unpaired) electrons. The molecule has 166 valence electrons. The minimum absolute atomic E-state index is 0.118. The summed E-state index contributed by atoms with van der Waals surface area (Å²) in [4.78, 5) is 11.3. The van der Waals surface area contributed by atoms with Crippen molar-refractivity contribution < 1.29 is 19.0 Å². The van der Waals surface area contributed by atoms with Gasteiger partial charge in [0, 0.05) is 0 Å². The monoisotopic (exact) mass is 424 g/mol. The summed E-state index contributed by atoms with van der Waals surface area (Å²) in [6, 6.07) is 13.7. The van der Waals surface area contributed by atoms with Crippen LogP contribution in [0, 0.1) is 17.7 Å². The Morgan fingerprint density at radius 3 is 2.55 bits per heavy atom. The third-order valence-corrected chi connectivity index (χ3v) is 7.30. The Balaban J connectivity index is 1.31. The fraction of sp³-hybridized carbons (Fsp3) is 0.519. The standard InChI is InChI=1S/C27H33FO3/c1-31-23-13-14-26(28)25(16-23)21-9-7-18(8-10-21)5-6-19-3-2-4-22(15-19)24(17-27(29)30)20-11-12-20/h2-4,13-16,18,20-21,24H,5-12,17H2,1H3,(H,29,30)/t18?,21?,24-/m0/s1. The molecular formula is C27H33FO3. The first kappa shape index (κ1) is 21.9. The van der Waals surface area contributed by atoms with E-state index in [1.807, 2.05) is 6.07 Å². The molecule has 2 aliphatic rings. The van der Waals surface area contributed by atoms with E-state index >= 15 is 0 Å². The summed E-state index contributed by atoms with van der Waals surface area (Å²) < 4.78 is 19.6. The molecule has 1 N–H and O–H groups in total. The predicted octanol–water partition coefficient (Wildman–Crippen LogP) is 6.71. The summed E-state index contributed by atoms with van der Waals surface area (Å²) in [6.07, 6.45) is 9.02. The van der Waals surface area contributed by atoms with Crippen LogP contribution in [0.3, 0.4) is 0 Å². The van der Waals surface area contributed by atoms with Crippen molar-refractivity contribution in [1.29, 1.82) is 0 Å². The fourth-order valence-electron chi connectivity index (χ4n) is 5.32. The molecule has 4 heteroatoms. The molecule has 2 aliphatic carbocycles. The van der Waals surface area contributed by atoms with E-state index in [0.717, 1.165) is 62.7 Å². The van der Waals surface area contributed by atoms with Crippen molar-refractivity contribution in [2.75, 3.05) is 7.11 Å². The van der Waals surface area contributed by atoms with E-state index in [2.05, 4.69) is 24.3 Å². The summed E-state index contributed by atoms with van der Waals surface area (Å²) >= 11 is 0. The first-order valence-corrected chi connectivity index (χ1v) is 11.7. The van der Waals surface area contributed by atoms with E-state index < -0.39 is 5.97 Å². The van der Waals surface area contributed by atoms with Gasteiger partial charge in [-0.25, -0.2) is 4.39 Å². The molecule has 2 saturated carbocycles. The number of hydrogen-bond donors (Lipinski definition) is 1. The minimum atomic E-state index is -0.702. The first-order valence-electron chi connectivity index (χ1n) is 11.7. The molecule has 0 amide bonds. The fourth-order valence-corrected chi connectivity index (χ4v) is 5.32. The number of halogens is 1. The molecule has 2 aromatic carbocycles. The summed E-state index contributed by atoms with van der Waals surface area (Å²) in [5, 5.41) is 9.28. The van der Waals surface area contributed by atoms with Gasteiger partial charge >= 0.3 is 5.97 Å². The highest BCUT2D eigenvalue weighted by atomic mass is 19.1. The van der Waals surface area contributed by atoms with E-state index in [1.165, 1.54) is 17.2 Å². The van der Waals surface area contributed by atoms with E-state index in [-0.39, 0.29) is 24.1 Å². The van der Waals surface area contributed by atoms with Crippen LogP contribution in [-0.4, -0.2) is 18.2 Å². The van der Waals surface area contributed by atoms with Crippen molar-refractivity contribution in [3.8, 4) is 5.75 Å². The van der Waals surface area contributed by atoms with Crippen LogP contribution in [0.1, 0.15) is 79.9 Å². The maximum atomic E-state index is 14.3. The molecule has 0 aliphatic heterocycles. The third kappa shape index (κ3) is 5.66. The Hall–Kier alpha value is -2.36. The molecule has 0 aromatic heterocycles. The molecule has 1 atom stereocenters. The van der Waals surface area contributed by atoms with Gasteiger partial charge in [-0.1, -0.05) is 24.3 Å². The molecule has 0 spiro atoms. The Kier molecular flexibility index (Phi) is 6.94. The second-order valence-corrected chi connectivity index (χ2v) is 9.43. The molecule has 0 bridgehead atoms. The van der Waals surface area contributed by atoms with Gasteiger partial charge in [0.2, 0.25) is 0 Å². The van der Waals surface area contributed by atoms with E-state index in [4.69, 9.17) is 4.74 Å². The van der Waals surface area contributed by atoms with E-state index in [1.54, 1.807) is 13.2 Å². The van der Waals surface area contributed by atoms with Crippen LogP contribution in [0.15, 0.2) is 42.5 Å². The second-order valence-electron chi connectivity index (χ2n) is 9.43. The lowest BCUT2D eigenvalue weighted by molar-refractivity contribution is -0.137. The number of carboxylic acids is 1. The van der Waals surface area contributed by atoms with Crippen LogP contribution in [0.4, 0.5) is 4.39 Å². The lowest BCUT2D eigenvalue weighted by atomic mass is 9.76. The lowest BCUT2D eigenvalue weighted by Crippen LogP contribution is -2.15. The molecule has 3 nitrogen and oxygen atoms in total. The zero-order chi connectivity index (χ0) is 21.8. The highest BCUT2D eigenvalue weighted by Crippen LogP contribution is 2.45. The first-order chi connectivity index (χ1) is 15.0. The molecule has 4 rings (SSSR count). The van der Waals surface area contributed by atoms with Crippen LogP contribution in [0.5, 0.6) is 5.75 Å². The normalized spacial score (nSPS) is 22.1. The van der Waals surface area contributed by atoms with Crippen LogP contribution < -0.4 is 4.74 Å². The van der Waals surface area contributed by atoms with Crippen molar-refractivity contribution in [2.24, 2.45) is 11.8 Å². The summed E-state index contributed by atoms with van der Waals surface area (Å²) in [7, 11) is 1.62. The largest absolute Gasteiger partial charge is 0.497 e. The molecule has 31 heavy (non-hydrogen) atoms. The van der Waals surface area contributed by atoms with Crippen LogP contribution >= 0.6 is 0 Å². The van der Waals surface area contributed by atoms with Gasteiger partial charge in [-0.3, -0.25) is 4.79 Å². The zero-order valence-electron chi connectivity index (χ0n) is 18.4. The lowest BCUT2D eigenvalue weighted by Gasteiger charge is -2.29. The number of carboxylic acid groups (broad SMARTS) is 1. The van der Waals surface area contributed by atoms with Crippen molar-refractivity contribution in [2.45, 2.75) is 69.6 Å². The Bertz CT molecular complexity index is 897. The summed E-state index contributed by atoms with van der Waals surface area (Å²) in [5.74, 6) is 1.56. The average molecular weight is 425 g/mol. The number of rotatable bonds is 9. The predicted molar refractivity (Wildman–Crippen MR) is 120 cm³/mol. The molecule has 2 aromatic rings. The Labute approximate surface area is 184 Å². The minimum Gasteiger partial charge on any atom is -0.497 e. The summed E-state index contributed by atoms with van der Waals surface area (Å²) in [6.45, 7) is 0. The van der Waals surface area contributed by atoms with Gasteiger partial charge in [0.1, 0.15) is 11.6 Å². The third-order valence-electron chi connectivity index (χ3n) is 7.30. The van der Waals surface area contributed by atoms with Crippen molar-refractivity contribution >= 4 is 5.97 Å². The highest BCUT2D eigenvalue weighted by Gasteiger charge is 2.33. The second kappa shape index (κ2) is 9.84.